The van der Waals surface area contributed by atoms with Gasteiger partial charge in [0, 0.05) is 31.4 Å². The predicted octanol–water partition coefficient (Wildman–Crippen LogP) is 3.76. The molecular formula is C19H27N5. The average molecular weight is 325 g/mol. The van der Waals surface area contributed by atoms with Gasteiger partial charge in [-0.15, -0.1) is 0 Å². The molecule has 1 fully saturated rings. The first-order chi connectivity index (χ1) is 11.6. The molecule has 1 atom stereocenters. The van der Waals surface area contributed by atoms with Crippen molar-refractivity contribution in [1.29, 1.82) is 0 Å². The van der Waals surface area contributed by atoms with Crippen molar-refractivity contribution in [2.24, 2.45) is 5.92 Å². The summed E-state index contributed by atoms with van der Waals surface area (Å²) in [6.45, 7) is 10.0. The summed E-state index contributed by atoms with van der Waals surface area (Å²) < 4.78 is 0. The number of pyridine rings is 1. The highest BCUT2D eigenvalue weighted by Crippen LogP contribution is 2.27. The molecule has 0 aliphatic carbocycles. The molecule has 3 rings (SSSR count). The smallest absolute Gasteiger partial charge is 0.150 e. The number of aromatic nitrogens is 3. The highest BCUT2D eigenvalue weighted by atomic mass is 15.1. The van der Waals surface area contributed by atoms with E-state index in [9.17, 15) is 0 Å². The highest BCUT2D eigenvalue weighted by Gasteiger charge is 2.23. The first-order valence-electron chi connectivity index (χ1n) is 8.84. The van der Waals surface area contributed by atoms with Gasteiger partial charge in [-0.3, -0.25) is 4.98 Å². The lowest BCUT2D eigenvalue weighted by Crippen LogP contribution is -2.37. The quantitative estimate of drug-likeness (QED) is 0.907. The molecule has 24 heavy (non-hydrogen) atoms. The van der Waals surface area contributed by atoms with Crippen LogP contribution in [0.25, 0.3) is 0 Å². The van der Waals surface area contributed by atoms with Crippen molar-refractivity contribution in [2.75, 3.05) is 25.0 Å². The van der Waals surface area contributed by atoms with Gasteiger partial charge < -0.3 is 10.2 Å². The van der Waals surface area contributed by atoms with Crippen LogP contribution in [0.15, 0.2) is 30.7 Å². The van der Waals surface area contributed by atoms with E-state index in [0.29, 0.717) is 11.8 Å². The second-order valence-corrected chi connectivity index (χ2v) is 7.12. The molecule has 0 spiro atoms. The van der Waals surface area contributed by atoms with Crippen molar-refractivity contribution in [3.63, 3.8) is 0 Å². The van der Waals surface area contributed by atoms with Crippen LogP contribution in [0.3, 0.4) is 0 Å². The van der Waals surface area contributed by atoms with E-state index in [1.54, 1.807) is 12.4 Å². The van der Waals surface area contributed by atoms with Crippen LogP contribution in [0.2, 0.25) is 0 Å². The van der Waals surface area contributed by atoms with Gasteiger partial charge in [0.25, 0.3) is 0 Å². The molecule has 1 N–H and O–H groups in total. The lowest BCUT2D eigenvalue weighted by molar-refractivity contribution is 0.186. The standard InChI is InChI=1S/C19H27N5/c1-14(2)12-24-9-5-7-16(13-24)17-10-20-11-18(22-17)23-19-15(3)6-4-8-21-19/h4,6,8,10-11,14,16H,5,7,9,12-13H2,1-3H3,(H,21,22,23)/t16-/m0/s1. The lowest BCUT2D eigenvalue weighted by atomic mass is 9.94. The van der Waals surface area contributed by atoms with Gasteiger partial charge in [-0.2, -0.15) is 0 Å². The minimum absolute atomic E-state index is 0.469. The third-order valence-corrected chi connectivity index (χ3v) is 4.46. The third kappa shape index (κ3) is 4.29. The van der Waals surface area contributed by atoms with E-state index >= 15 is 0 Å². The zero-order valence-corrected chi connectivity index (χ0v) is 14.9. The fourth-order valence-electron chi connectivity index (χ4n) is 3.36. The minimum Gasteiger partial charge on any atom is -0.323 e. The molecule has 0 amide bonds. The van der Waals surface area contributed by atoms with E-state index in [0.717, 1.165) is 36.0 Å². The van der Waals surface area contributed by atoms with Crippen LogP contribution in [-0.4, -0.2) is 39.5 Å². The maximum atomic E-state index is 4.81. The fraction of sp³-hybridized carbons (Fsp3) is 0.526. The fourth-order valence-corrected chi connectivity index (χ4v) is 3.36. The zero-order chi connectivity index (χ0) is 16.9. The molecule has 0 aromatic carbocycles. The Morgan fingerprint density at radius 2 is 2.21 bits per heavy atom. The van der Waals surface area contributed by atoms with Gasteiger partial charge in [-0.05, 0) is 43.9 Å². The van der Waals surface area contributed by atoms with Crippen LogP contribution in [0.5, 0.6) is 0 Å². The molecule has 5 heteroatoms. The highest BCUT2D eigenvalue weighted by molar-refractivity contribution is 5.54. The number of nitrogens with zero attached hydrogens (tertiary/aromatic N) is 4. The number of hydrogen-bond acceptors (Lipinski definition) is 5. The SMILES string of the molecule is Cc1cccnc1Nc1cncc([C@H]2CCCN(CC(C)C)C2)n1. The summed E-state index contributed by atoms with van der Waals surface area (Å²) >= 11 is 0. The zero-order valence-electron chi connectivity index (χ0n) is 14.9. The summed E-state index contributed by atoms with van der Waals surface area (Å²) in [6.07, 6.45) is 7.90. The molecule has 1 aliphatic rings. The normalized spacial score (nSPS) is 18.8. The summed E-state index contributed by atoms with van der Waals surface area (Å²) in [5.41, 5.74) is 2.19. The maximum Gasteiger partial charge on any atom is 0.150 e. The second kappa shape index (κ2) is 7.71. The molecule has 1 saturated heterocycles. The van der Waals surface area contributed by atoms with Crippen LogP contribution in [0, 0.1) is 12.8 Å². The largest absolute Gasteiger partial charge is 0.323 e. The molecule has 2 aromatic heterocycles. The van der Waals surface area contributed by atoms with Crippen molar-refractivity contribution < 1.29 is 0 Å². The van der Waals surface area contributed by atoms with Gasteiger partial charge in [0.15, 0.2) is 0 Å². The van der Waals surface area contributed by atoms with Crippen LogP contribution in [-0.2, 0) is 0 Å². The van der Waals surface area contributed by atoms with Crippen LogP contribution >= 0.6 is 0 Å². The molecule has 0 unspecified atom stereocenters. The molecule has 0 bridgehead atoms. The van der Waals surface area contributed by atoms with Crippen molar-refractivity contribution in [1.82, 2.24) is 19.9 Å². The molecule has 3 heterocycles. The maximum absolute atomic E-state index is 4.81. The van der Waals surface area contributed by atoms with Gasteiger partial charge in [0.1, 0.15) is 11.6 Å². The molecule has 2 aromatic rings. The van der Waals surface area contributed by atoms with Gasteiger partial charge in [-0.1, -0.05) is 19.9 Å². The average Bonchev–Trinajstić information content (AvgIpc) is 2.57. The molecule has 128 valence electrons. The van der Waals surface area contributed by atoms with Crippen molar-refractivity contribution in [3.05, 3.63) is 42.0 Å². The Bertz CT molecular complexity index is 670. The van der Waals surface area contributed by atoms with Crippen molar-refractivity contribution >= 4 is 11.6 Å². The Morgan fingerprint density at radius 1 is 1.33 bits per heavy atom. The van der Waals surface area contributed by atoms with Crippen LogP contribution in [0.1, 0.15) is 43.9 Å². The monoisotopic (exact) mass is 325 g/mol. The van der Waals surface area contributed by atoms with Gasteiger partial charge in [0.2, 0.25) is 0 Å². The third-order valence-electron chi connectivity index (χ3n) is 4.46. The topological polar surface area (TPSA) is 53.9 Å². The molecule has 1 aliphatic heterocycles. The summed E-state index contributed by atoms with van der Waals surface area (Å²) in [5, 5.41) is 3.30. The van der Waals surface area contributed by atoms with Crippen LogP contribution in [0.4, 0.5) is 11.6 Å². The summed E-state index contributed by atoms with van der Waals surface area (Å²) in [4.78, 5) is 16.1. The van der Waals surface area contributed by atoms with E-state index in [1.807, 2.05) is 25.3 Å². The lowest BCUT2D eigenvalue weighted by Gasteiger charge is -2.33. The number of anilines is 2. The predicted molar refractivity (Wildman–Crippen MR) is 97.5 cm³/mol. The minimum atomic E-state index is 0.469. The first-order valence-corrected chi connectivity index (χ1v) is 8.84. The van der Waals surface area contributed by atoms with E-state index in [2.05, 4.69) is 34.0 Å². The second-order valence-electron chi connectivity index (χ2n) is 7.12. The Balaban J connectivity index is 1.72. The van der Waals surface area contributed by atoms with Gasteiger partial charge in [-0.25, -0.2) is 9.97 Å². The Kier molecular flexibility index (Phi) is 5.41. The van der Waals surface area contributed by atoms with Crippen molar-refractivity contribution in [2.45, 2.75) is 39.5 Å². The van der Waals surface area contributed by atoms with E-state index in [1.165, 1.54) is 19.4 Å². The number of aryl methyl sites for hydroxylation is 1. The number of likely N-dealkylation sites (tertiary alicyclic amines) is 1. The molecular weight excluding hydrogens is 298 g/mol. The van der Waals surface area contributed by atoms with E-state index < -0.39 is 0 Å². The molecule has 5 nitrogen and oxygen atoms in total. The summed E-state index contributed by atoms with van der Waals surface area (Å²) in [5.74, 6) is 2.79. The van der Waals surface area contributed by atoms with Crippen LogP contribution < -0.4 is 5.32 Å². The number of piperidine rings is 1. The number of hydrogen-bond donors (Lipinski definition) is 1. The molecule has 0 saturated carbocycles. The number of rotatable bonds is 5. The Hall–Kier alpha value is -2.01. The first kappa shape index (κ1) is 16.8. The van der Waals surface area contributed by atoms with E-state index in [-0.39, 0.29) is 0 Å². The van der Waals surface area contributed by atoms with Gasteiger partial charge in [0.05, 0.1) is 11.9 Å². The number of nitrogens with one attached hydrogen (secondary N) is 1. The summed E-state index contributed by atoms with van der Waals surface area (Å²) in [7, 11) is 0. The van der Waals surface area contributed by atoms with Crippen molar-refractivity contribution in [3.8, 4) is 0 Å². The van der Waals surface area contributed by atoms with Gasteiger partial charge >= 0.3 is 0 Å². The Morgan fingerprint density at radius 3 is 3.00 bits per heavy atom. The van der Waals surface area contributed by atoms with E-state index in [4.69, 9.17) is 4.98 Å². The Labute approximate surface area is 144 Å². The summed E-state index contributed by atoms with van der Waals surface area (Å²) in [6, 6.07) is 3.98. The molecule has 0 radical (unpaired) electrons.